The number of carboxylic acids is 1. The Bertz CT molecular complexity index is 604. The highest BCUT2D eigenvalue weighted by Crippen LogP contribution is 2.31. The van der Waals surface area contributed by atoms with Crippen molar-refractivity contribution in [1.82, 2.24) is 5.32 Å². The molecule has 1 amide bonds. The molecule has 0 saturated heterocycles. The van der Waals surface area contributed by atoms with Crippen molar-refractivity contribution in [2.45, 2.75) is 18.6 Å². The van der Waals surface area contributed by atoms with E-state index < -0.39 is 45.8 Å². The van der Waals surface area contributed by atoms with Crippen LogP contribution >= 0.6 is 11.6 Å². The summed E-state index contributed by atoms with van der Waals surface area (Å²) in [5.41, 5.74) is -4.76. The molecule has 21 heavy (non-hydrogen) atoms. The SMILES string of the molecule is CC(NC(=O)c1cc(F)c(Cl)cc1F)(C(=O)O)C(F)(F)F. The third kappa shape index (κ3) is 3.23. The van der Waals surface area contributed by atoms with E-state index in [-0.39, 0.29) is 13.0 Å². The summed E-state index contributed by atoms with van der Waals surface area (Å²) in [6, 6.07) is 0.656. The molecule has 0 aliphatic rings. The molecule has 0 bridgehead atoms. The molecule has 1 rings (SSSR count). The smallest absolute Gasteiger partial charge is 0.422 e. The van der Waals surface area contributed by atoms with Crippen LogP contribution < -0.4 is 5.32 Å². The van der Waals surface area contributed by atoms with Crippen LogP contribution in [0.4, 0.5) is 22.0 Å². The zero-order chi connectivity index (χ0) is 16.6. The molecule has 116 valence electrons. The first kappa shape index (κ1) is 17.2. The monoisotopic (exact) mass is 331 g/mol. The molecule has 0 fully saturated rings. The standard InChI is InChI=1S/C11H7ClF5NO3/c1-10(9(20)21,11(15,16)17)18-8(19)4-2-7(14)5(12)3-6(4)13/h2-3H,1H3,(H,18,19)(H,20,21). The number of aliphatic carboxylic acids is 1. The minimum atomic E-state index is -5.35. The van der Waals surface area contributed by atoms with Gasteiger partial charge in [-0.1, -0.05) is 11.6 Å². The highest BCUT2D eigenvalue weighted by molar-refractivity contribution is 6.30. The van der Waals surface area contributed by atoms with Crippen molar-refractivity contribution in [3.05, 3.63) is 34.4 Å². The van der Waals surface area contributed by atoms with Gasteiger partial charge in [-0.05, 0) is 19.1 Å². The Kier molecular flexibility index (Phi) is 4.47. The Hall–Kier alpha value is -1.90. The number of amides is 1. The van der Waals surface area contributed by atoms with E-state index in [1.165, 1.54) is 0 Å². The number of halogens is 6. The van der Waals surface area contributed by atoms with E-state index in [2.05, 4.69) is 0 Å². The average molecular weight is 332 g/mol. The minimum absolute atomic E-state index is 0.178. The van der Waals surface area contributed by atoms with Gasteiger partial charge in [0.25, 0.3) is 5.91 Å². The van der Waals surface area contributed by atoms with Crippen molar-refractivity contribution in [2.24, 2.45) is 0 Å². The third-order valence-electron chi connectivity index (χ3n) is 2.61. The number of carbonyl (C=O) groups excluding carboxylic acids is 1. The van der Waals surface area contributed by atoms with Crippen molar-refractivity contribution < 1.29 is 36.6 Å². The van der Waals surface area contributed by atoms with Crippen molar-refractivity contribution in [1.29, 1.82) is 0 Å². The summed E-state index contributed by atoms with van der Waals surface area (Å²) < 4.78 is 64.6. The molecule has 4 nitrogen and oxygen atoms in total. The van der Waals surface area contributed by atoms with Crippen LogP contribution in [0.15, 0.2) is 12.1 Å². The van der Waals surface area contributed by atoms with Gasteiger partial charge in [-0.3, -0.25) is 4.79 Å². The predicted octanol–water partition coefficient (Wildman–Crippen LogP) is 2.75. The van der Waals surface area contributed by atoms with Gasteiger partial charge in [-0.15, -0.1) is 0 Å². The topological polar surface area (TPSA) is 66.4 Å². The lowest BCUT2D eigenvalue weighted by molar-refractivity contribution is -0.203. The van der Waals surface area contributed by atoms with E-state index in [1.54, 1.807) is 0 Å². The van der Waals surface area contributed by atoms with Crippen molar-refractivity contribution >= 4 is 23.5 Å². The second-order valence-electron chi connectivity index (χ2n) is 4.13. The molecule has 1 unspecified atom stereocenters. The fourth-order valence-corrected chi connectivity index (χ4v) is 1.39. The first-order chi connectivity index (χ1) is 9.40. The normalized spacial score (nSPS) is 14.4. The van der Waals surface area contributed by atoms with Crippen LogP contribution in [0, 0.1) is 11.6 Å². The lowest BCUT2D eigenvalue weighted by Crippen LogP contribution is -2.62. The number of rotatable bonds is 3. The molecular formula is C11H7ClF5NO3. The molecule has 10 heteroatoms. The fraction of sp³-hybridized carbons (Fsp3) is 0.273. The molecular weight excluding hydrogens is 325 g/mol. The quantitative estimate of drug-likeness (QED) is 0.661. The van der Waals surface area contributed by atoms with Crippen molar-refractivity contribution in [3.63, 3.8) is 0 Å². The van der Waals surface area contributed by atoms with E-state index in [4.69, 9.17) is 16.7 Å². The van der Waals surface area contributed by atoms with Gasteiger partial charge in [0.05, 0.1) is 10.6 Å². The Balaban J connectivity index is 3.21. The van der Waals surface area contributed by atoms with E-state index in [9.17, 15) is 31.5 Å². The van der Waals surface area contributed by atoms with Gasteiger partial charge in [0.1, 0.15) is 11.6 Å². The lowest BCUT2D eigenvalue weighted by atomic mass is 10.0. The summed E-state index contributed by atoms with van der Waals surface area (Å²) >= 11 is 5.23. The highest BCUT2D eigenvalue weighted by Gasteiger charge is 2.58. The number of hydrogen-bond donors (Lipinski definition) is 2. The number of carbonyl (C=O) groups is 2. The van der Waals surface area contributed by atoms with Crippen molar-refractivity contribution in [2.75, 3.05) is 0 Å². The molecule has 1 aromatic rings. The van der Waals surface area contributed by atoms with E-state index in [0.717, 1.165) is 5.32 Å². The maximum Gasteiger partial charge on any atom is 0.422 e. The summed E-state index contributed by atoms with van der Waals surface area (Å²) in [7, 11) is 0. The molecule has 1 aromatic carbocycles. The largest absolute Gasteiger partial charge is 0.479 e. The van der Waals surface area contributed by atoms with Crippen LogP contribution in [0.3, 0.4) is 0 Å². The number of nitrogens with one attached hydrogen (secondary N) is 1. The summed E-state index contributed by atoms with van der Waals surface area (Å²) in [6.07, 6.45) is -5.35. The number of carboxylic acid groups (broad SMARTS) is 1. The van der Waals surface area contributed by atoms with Gasteiger partial charge in [-0.25, -0.2) is 13.6 Å². The minimum Gasteiger partial charge on any atom is -0.479 e. The van der Waals surface area contributed by atoms with E-state index >= 15 is 0 Å². The summed E-state index contributed by atoms with van der Waals surface area (Å²) in [6.45, 7) is 0.178. The Labute approximate surface area is 119 Å². The average Bonchev–Trinajstić information content (AvgIpc) is 2.31. The van der Waals surface area contributed by atoms with E-state index in [0.29, 0.717) is 6.07 Å². The van der Waals surface area contributed by atoms with Crippen LogP contribution in [0.5, 0.6) is 0 Å². The van der Waals surface area contributed by atoms with Crippen LogP contribution in [0.1, 0.15) is 17.3 Å². The molecule has 0 aliphatic heterocycles. The first-order valence-electron chi connectivity index (χ1n) is 5.17. The summed E-state index contributed by atoms with van der Waals surface area (Å²) in [5, 5.41) is 9.05. The van der Waals surface area contributed by atoms with E-state index in [1.807, 2.05) is 0 Å². The maximum absolute atomic E-state index is 13.4. The van der Waals surface area contributed by atoms with Crippen LogP contribution in [0.2, 0.25) is 5.02 Å². The molecule has 2 N–H and O–H groups in total. The number of benzene rings is 1. The van der Waals surface area contributed by atoms with Gasteiger partial charge < -0.3 is 10.4 Å². The molecule has 0 aromatic heterocycles. The van der Waals surface area contributed by atoms with Crippen LogP contribution in [-0.2, 0) is 4.79 Å². The van der Waals surface area contributed by atoms with Gasteiger partial charge >= 0.3 is 12.1 Å². The van der Waals surface area contributed by atoms with Gasteiger partial charge in [0, 0.05) is 0 Å². The zero-order valence-electron chi connectivity index (χ0n) is 10.2. The highest BCUT2D eigenvalue weighted by atomic mass is 35.5. The van der Waals surface area contributed by atoms with Crippen LogP contribution in [-0.4, -0.2) is 28.7 Å². The molecule has 0 radical (unpaired) electrons. The maximum atomic E-state index is 13.4. The third-order valence-corrected chi connectivity index (χ3v) is 2.90. The summed E-state index contributed by atoms with van der Waals surface area (Å²) in [5.74, 6) is -6.79. The fourth-order valence-electron chi connectivity index (χ4n) is 1.24. The Morgan fingerprint density at radius 1 is 1.19 bits per heavy atom. The summed E-state index contributed by atoms with van der Waals surface area (Å²) in [4.78, 5) is 22.3. The van der Waals surface area contributed by atoms with Gasteiger partial charge in [-0.2, -0.15) is 13.2 Å². The second kappa shape index (κ2) is 5.47. The molecule has 0 saturated carbocycles. The molecule has 0 spiro atoms. The molecule has 1 atom stereocenters. The van der Waals surface area contributed by atoms with Gasteiger partial charge in [0.2, 0.25) is 5.54 Å². The second-order valence-corrected chi connectivity index (χ2v) is 4.54. The Morgan fingerprint density at radius 2 is 1.71 bits per heavy atom. The predicted molar refractivity (Wildman–Crippen MR) is 60.9 cm³/mol. The lowest BCUT2D eigenvalue weighted by Gasteiger charge is -2.28. The zero-order valence-corrected chi connectivity index (χ0v) is 10.9. The molecule has 0 aliphatic carbocycles. The first-order valence-corrected chi connectivity index (χ1v) is 5.55. The van der Waals surface area contributed by atoms with Gasteiger partial charge in [0.15, 0.2) is 0 Å². The number of hydrogen-bond acceptors (Lipinski definition) is 2. The molecule has 0 heterocycles. The Morgan fingerprint density at radius 3 is 2.14 bits per heavy atom. The number of alkyl halides is 3. The van der Waals surface area contributed by atoms with Crippen molar-refractivity contribution in [3.8, 4) is 0 Å². The van der Waals surface area contributed by atoms with Crippen LogP contribution in [0.25, 0.3) is 0 Å².